The molecule has 0 amide bonds. The fourth-order valence-electron chi connectivity index (χ4n) is 0.718. The van der Waals surface area contributed by atoms with Crippen molar-refractivity contribution in [3.63, 3.8) is 0 Å². The Bertz CT molecular complexity index is 158. The molecule has 0 N–H and O–H groups in total. The van der Waals surface area contributed by atoms with Crippen molar-refractivity contribution < 1.29 is 8.42 Å². The maximum atomic E-state index is 10.6. The van der Waals surface area contributed by atoms with Crippen LogP contribution in [0.5, 0.6) is 0 Å². The molecule has 1 radical (unpaired) electrons. The van der Waals surface area contributed by atoms with Gasteiger partial charge in [0.2, 0.25) is 0 Å². The number of unbranched alkanes of at least 4 members (excludes halogenated alkanes) is 3. The summed E-state index contributed by atoms with van der Waals surface area (Å²) in [6.45, 7) is 3.67. The minimum Gasteiger partial charge on any atom is -0.229 e. The van der Waals surface area contributed by atoms with Crippen LogP contribution in [0.15, 0.2) is 0 Å². The topological polar surface area (TPSA) is 34.1 Å². The van der Waals surface area contributed by atoms with E-state index in [-0.39, 0.29) is 0 Å². The summed E-state index contributed by atoms with van der Waals surface area (Å²) in [7, 11) is -2.72. The molecule has 0 aromatic carbocycles. The van der Waals surface area contributed by atoms with Crippen molar-refractivity contribution in [3.8, 4) is 0 Å². The second-order valence-electron chi connectivity index (χ2n) is 2.54. The van der Waals surface area contributed by atoms with Gasteiger partial charge in [0.25, 0.3) is 0 Å². The van der Waals surface area contributed by atoms with E-state index in [1.807, 2.05) is 0 Å². The molecule has 0 aromatic rings. The molecule has 0 saturated heterocycles. The first-order valence-corrected chi connectivity index (χ1v) is 5.59. The maximum Gasteiger partial charge on any atom is 0.147 e. The third kappa shape index (κ3) is 7.95. The van der Waals surface area contributed by atoms with Gasteiger partial charge < -0.3 is 0 Å². The highest BCUT2D eigenvalue weighted by Gasteiger charge is 1.99. The molecule has 0 fully saturated rings. The first-order valence-electron chi connectivity index (χ1n) is 3.53. The molecule has 0 aromatic heterocycles. The summed E-state index contributed by atoms with van der Waals surface area (Å²) in [6.07, 6.45) is 4.99. The molecule has 0 spiro atoms. The minimum absolute atomic E-state index is 0.326. The van der Waals surface area contributed by atoms with Crippen molar-refractivity contribution >= 4 is 9.84 Å². The van der Waals surface area contributed by atoms with E-state index in [1.54, 1.807) is 0 Å². The number of hydrogen-bond donors (Lipinski definition) is 0. The fraction of sp³-hybridized carbons (Fsp3) is 0.857. The lowest BCUT2D eigenvalue weighted by molar-refractivity contribution is 0.595. The monoisotopic (exact) mass is 163 g/mol. The molecule has 2 nitrogen and oxygen atoms in total. The normalized spacial score (nSPS) is 11.8. The Morgan fingerprint density at radius 2 is 1.80 bits per heavy atom. The smallest absolute Gasteiger partial charge is 0.147 e. The van der Waals surface area contributed by atoms with Crippen LogP contribution in [-0.2, 0) is 9.84 Å². The molecule has 0 bridgehead atoms. The van der Waals surface area contributed by atoms with Crippen LogP contribution >= 0.6 is 0 Å². The van der Waals surface area contributed by atoms with Crippen LogP contribution in [0, 0.1) is 6.92 Å². The Labute approximate surface area is 63.6 Å². The van der Waals surface area contributed by atoms with Gasteiger partial charge in [-0.25, -0.2) is 8.42 Å². The Morgan fingerprint density at radius 1 is 1.20 bits per heavy atom. The zero-order chi connectivity index (χ0) is 8.04. The number of sulfone groups is 1. The standard InChI is InChI=1S/C7H15O2S/c1-3-4-5-6-7-10(2,8)9/h1,3-7H2,2H3. The van der Waals surface area contributed by atoms with Crippen LogP contribution in [0.1, 0.15) is 25.7 Å². The van der Waals surface area contributed by atoms with Crippen LogP contribution in [0.25, 0.3) is 0 Å². The van der Waals surface area contributed by atoms with Gasteiger partial charge in [-0.2, -0.15) is 0 Å². The van der Waals surface area contributed by atoms with Gasteiger partial charge in [-0.3, -0.25) is 0 Å². The molecule has 0 aliphatic rings. The van der Waals surface area contributed by atoms with E-state index in [0.717, 1.165) is 25.7 Å². The van der Waals surface area contributed by atoms with Crippen LogP contribution in [-0.4, -0.2) is 20.4 Å². The molecule has 0 rings (SSSR count). The van der Waals surface area contributed by atoms with E-state index in [2.05, 4.69) is 6.92 Å². The first kappa shape index (κ1) is 9.95. The highest BCUT2D eigenvalue weighted by Crippen LogP contribution is 2.00. The summed E-state index contributed by atoms with van der Waals surface area (Å²) in [4.78, 5) is 0. The van der Waals surface area contributed by atoms with E-state index >= 15 is 0 Å². The van der Waals surface area contributed by atoms with Crippen molar-refractivity contribution in [2.45, 2.75) is 25.7 Å². The SMILES string of the molecule is [CH2]CCCCCS(C)(=O)=O. The van der Waals surface area contributed by atoms with Crippen LogP contribution in [0.3, 0.4) is 0 Å². The zero-order valence-corrected chi connectivity index (χ0v) is 7.28. The average Bonchev–Trinajstić information content (AvgIpc) is 1.78. The quantitative estimate of drug-likeness (QED) is 0.574. The second kappa shape index (κ2) is 4.72. The predicted octanol–water partition coefficient (Wildman–Crippen LogP) is 1.43. The van der Waals surface area contributed by atoms with Crippen molar-refractivity contribution in [2.24, 2.45) is 0 Å². The summed E-state index contributed by atoms with van der Waals surface area (Å²) in [5.74, 6) is 0.326. The van der Waals surface area contributed by atoms with Gasteiger partial charge in [-0.15, -0.1) is 0 Å². The van der Waals surface area contributed by atoms with E-state index in [1.165, 1.54) is 6.26 Å². The Hall–Kier alpha value is -0.0500. The van der Waals surface area contributed by atoms with E-state index in [9.17, 15) is 8.42 Å². The number of hydrogen-bond acceptors (Lipinski definition) is 2. The molecule has 3 heteroatoms. The van der Waals surface area contributed by atoms with E-state index in [0.29, 0.717) is 5.75 Å². The Balaban J connectivity index is 3.21. The van der Waals surface area contributed by atoms with Crippen molar-refractivity contribution in [2.75, 3.05) is 12.0 Å². The average molecular weight is 163 g/mol. The van der Waals surface area contributed by atoms with E-state index < -0.39 is 9.84 Å². The Kier molecular flexibility index (Phi) is 4.69. The van der Waals surface area contributed by atoms with Crippen LogP contribution < -0.4 is 0 Å². The zero-order valence-electron chi connectivity index (χ0n) is 6.47. The fourth-order valence-corrected chi connectivity index (χ4v) is 1.45. The van der Waals surface area contributed by atoms with Crippen molar-refractivity contribution in [1.29, 1.82) is 0 Å². The van der Waals surface area contributed by atoms with Crippen molar-refractivity contribution in [3.05, 3.63) is 6.92 Å². The van der Waals surface area contributed by atoms with E-state index in [4.69, 9.17) is 0 Å². The highest BCUT2D eigenvalue weighted by molar-refractivity contribution is 7.90. The molecule has 0 atom stereocenters. The van der Waals surface area contributed by atoms with Gasteiger partial charge in [-0.1, -0.05) is 26.2 Å². The molecule has 0 saturated carbocycles. The minimum atomic E-state index is -2.72. The summed E-state index contributed by atoms with van der Waals surface area (Å²) < 4.78 is 21.2. The van der Waals surface area contributed by atoms with Gasteiger partial charge >= 0.3 is 0 Å². The lowest BCUT2D eigenvalue weighted by atomic mass is 10.2. The molecule has 0 aliphatic carbocycles. The third-order valence-electron chi connectivity index (χ3n) is 1.27. The molecule has 10 heavy (non-hydrogen) atoms. The lowest BCUT2D eigenvalue weighted by Crippen LogP contribution is -2.02. The maximum absolute atomic E-state index is 10.6. The van der Waals surface area contributed by atoms with Gasteiger partial charge in [0, 0.05) is 12.0 Å². The molecule has 0 unspecified atom stereocenters. The second-order valence-corrected chi connectivity index (χ2v) is 4.80. The lowest BCUT2D eigenvalue weighted by Gasteiger charge is -1.96. The highest BCUT2D eigenvalue weighted by atomic mass is 32.2. The molecule has 0 aliphatic heterocycles. The number of rotatable bonds is 5. The van der Waals surface area contributed by atoms with Crippen LogP contribution in [0.4, 0.5) is 0 Å². The molecular weight excluding hydrogens is 148 g/mol. The van der Waals surface area contributed by atoms with Gasteiger partial charge in [-0.05, 0) is 6.42 Å². The van der Waals surface area contributed by atoms with Crippen LogP contribution in [0.2, 0.25) is 0 Å². The van der Waals surface area contributed by atoms with Gasteiger partial charge in [0.1, 0.15) is 9.84 Å². The molecule has 0 heterocycles. The third-order valence-corrected chi connectivity index (χ3v) is 2.30. The summed E-state index contributed by atoms with van der Waals surface area (Å²) >= 11 is 0. The molecule has 61 valence electrons. The van der Waals surface area contributed by atoms with Gasteiger partial charge in [0.15, 0.2) is 0 Å². The largest absolute Gasteiger partial charge is 0.229 e. The van der Waals surface area contributed by atoms with Gasteiger partial charge in [0.05, 0.1) is 0 Å². The summed E-state index contributed by atoms with van der Waals surface area (Å²) in [6, 6.07) is 0. The summed E-state index contributed by atoms with van der Waals surface area (Å²) in [5.41, 5.74) is 0. The Morgan fingerprint density at radius 3 is 2.20 bits per heavy atom. The van der Waals surface area contributed by atoms with Crippen molar-refractivity contribution in [1.82, 2.24) is 0 Å². The predicted molar refractivity (Wildman–Crippen MR) is 43.5 cm³/mol. The summed E-state index contributed by atoms with van der Waals surface area (Å²) in [5, 5.41) is 0. The molecular formula is C7H15O2S. The first-order chi connectivity index (χ1) is 4.56.